The van der Waals surface area contributed by atoms with Crippen molar-refractivity contribution in [2.45, 2.75) is 25.5 Å². The molecule has 1 heterocycles. The molecule has 0 aromatic heterocycles. The number of aliphatic hydroxyl groups excluding tert-OH is 1. The Hall–Kier alpha value is -1.55. The summed E-state index contributed by atoms with van der Waals surface area (Å²) in [5.74, 6) is 0. The smallest absolute Gasteiger partial charge is 0.317 e. The first kappa shape index (κ1) is 10.6. The van der Waals surface area contributed by atoms with Gasteiger partial charge in [-0.05, 0) is 18.9 Å². The van der Waals surface area contributed by atoms with Gasteiger partial charge in [0, 0.05) is 13.1 Å². The lowest BCUT2D eigenvalue weighted by atomic mass is 10.1. The zero-order valence-electron chi connectivity index (χ0n) is 10.8. The van der Waals surface area contributed by atoms with Gasteiger partial charge in [0.2, 0.25) is 0 Å². The van der Waals surface area contributed by atoms with Crippen LogP contribution in [0.15, 0.2) is 30.3 Å². The largest absolute Gasteiger partial charge is 0.391 e. The number of nitrogens with one attached hydrogen (secondary N) is 1. The lowest BCUT2D eigenvalue weighted by Gasteiger charge is -2.20. The lowest BCUT2D eigenvalue weighted by molar-refractivity contribution is 0.170. The number of β-amino-alcohol motifs (C(OH)–C–C–N with tert-alkyl or cyclic N) is 1. The molecule has 2 rings (SSSR count). The van der Waals surface area contributed by atoms with E-state index in [1.807, 2.05) is 37.3 Å². The van der Waals surface area contributed by atoms with Gasteiger partial charge in [-0.3, -0.25) is 0 Å². The van der Waals surface area contributed by atoms with Crippen molar-refractivity contribution in [2.24, 2.45) is 0 Å². The minimum Gasteiger partial charge on any atom is -0.391 e. The molecule has 17 heavy (non-hydrogen) atoms. The summed E-state index contributed by atoms with van der Waals surface area (Å²) in [5.41, 5.74) is 1.02. The molecule has 0 saturated carbocycles. The molecule has 1 saturated heterocycles. The molecule has 0 spiro atoms. The van der Waals surface area contributed by atoms with E-state index in [0.717, 1.165) is 5.56 Å². The topological polar surface area (TPSA) is 52.6 Å². The second-order valence-electron chi connectivity index (χ2n) is 4.28. The van der Waals surface area contributed by atoms with Crippen LogP contribution in [0.2, 0.25) is 0 Å². The van der Waals surface area contributed by atoms with Crippen molar-refractivity contribution < 1.29 is 11.3 Å². The monoisotopic (exact) mass is 235 g/mol. The first-order valence-electron chi connectivity index (χ1n) is 6.39. The number of hydrogen-bond donors (Lipinski definition) is 2. The first-order valence-corrected chi connectivity index (χ1v) is 5.82. The molecule has 2 unspecified atom stereocenters. The maximum Gasteiger partial charge on any atom is 0.317 e. The van der Waals surface area contributed by atoms with Crippen LogP contribution in [-0.4, -0.2) is 35.2 Å². The molecule has 2 amide bonds. The first-order chi connectivity index (χ1) is 8.59. The van der Waals surface area contributed by atoms with E-state index in [0.29, 0.717) is 13.0 Å². The van der Waals surface area contributed by atoms with Crippen LogP contribution in [0, 0.1) is 0 Å². The van der Waals surface area contributed by atoms with Crippen LogP contribution in [-0.2, 0) is 0 Å². The number of likely N-dealkylation sites (tertiary alicyclic amines) is 1. The van der Waals surface area contributed by atoms with Gasteiger partial charge in [0.05, 0.1) is 13.5 Å². The van der Waals surface area contributed by atoms with Gasteiger partial charge >= 0.3 is 6.03 Å². The SMILES string of the molecule is [2H]C1C(O)CCN1C(=O)N[C@@H](C)c1ccccc1. The fourth-order valence-corrected chi connectivity index (χ4v) is 1.89. The predicted octanol–water partition coefficient (Wildman–Crippen LogP) is 1.52. The van der Waals surface area contributed by atoms with Gasteiger partial charge in [-0.2, -0.15) is 0 Å². The summed E-state index contributed by atoms with van der Waals surface area (Å²) >= 11 is 0. The van der Waals surface area contributed by atoms with Gasteiger partial charge in [0.1, 0.15) is 0 Å². The van der Waals surface area contributed by atoms with Crippen molar-refractivity contribution in [1.29, 1.82) is 0 Å². The van der Waals surface area contributed by atoms with E-state index in [2.05, 4.69) is 5.32 Å². The second kappa shape index (κ2) is 5.19. The number of carbonyl (C=O) groups excluding carboxylic acids is 1. The van der Waals surface area contributed by atoms with Crippen LogP contribution in [0.25, 0.3) is 0 Å². The van der Waals surface area contributed by atoms with E-state index in [1.54, 1.807) is 0 Å². The average Bonchev–Trinajstić information content (AvgIpc) is 2.71. The Kier molecular flexibility index (Phi) is 3.23. The van der Waals surface area contributed by atoms with Crippen LogP contribution >= 0.6 is 0 Å². The Morgan fingerprint density at radius 1 is 1.59 bits per heavy atom. The molecule has 3 atom stereocenters. The van der Waals surface area contributed by atoms with E-state index >= 15 is 0 Å². The van der Waals surface area contributed by atoms with Crippen LogP contribution in [0.3, 0.4) is 0 Å². The summed E-state index contributed by atoms with van der Waals surface area (Å²) in [4.78, 5) is 13.3. The maximum atomic E-state index is 12.0. The van der Waals surface area contributed by atoms with Crippen molar-refractivity contribution in [1.82, 2.24) is 10.2 Å². The van der Waals surface area contributed by atoms with E-state index in [4.69, 9.17) is 1.37 Å². The molecule has 1 aromatic rings. The van der Waals surface area contributed by atoms with E-state index in [-0.39, 0.29) is 12.1 Å². The summed E-state index contributed by atoms with van der Waals surface area (Å²) < 4.78 is 7.69. The molecule has 4 heteroatoms. The molecular weight excluding hydrogens is 216 g/mol. The van der Waals surface area contributed by atoms with E-state index < -0.39 is 12.6 Å². The Balaban J connectivity index is 1.96. The number of amides is 2. The van der Waals surface area contributed by atoms with Crippen molar-refractivity contribution >= 4 is 6.03 Å². The van der Waals surface area contributed by atoms with Gasteiger partial charge in [-0.25, -0.2) is 4.79 Å². The number of urea groups is 1. The summed E-state index contributed by atoms with van der Waals surface area (Å²) in [5, 5.41) is 12.3. The number of hydrogen-bond acceptors (Lipinski definition) is 2. The van der Waals surface area contributed by atoms with E-state index in [9.17, 15) is 9.90 Å². The van der Waals surface area contributed by atoms with Crippen molar-refractivity contribution in [2.75, 3.05) is 13.1 Å². The minimum absolute atomic E-state index is 0.108. The summed E-state index contributed by atoms with van der Waals surface area (Å²) in [6, 6.07) is 9.26. The fourth-order valence-electron chi connectivity index (χ4n) is 1.89. The third-order valence-electron chi connectivity index (χ3n) is 2.92. The lowest BCUT2D eigenvalue weighted by Crippen LogP contribution is -2.40. The molecule has 0 bridgehead atoms. The van der Waals surface area contributed by atoms with Gasteiger partial charge < -0.3 is 15.3 Å². The van der Waals surface area contributed by atoms with Gasteiger partial charge in [-0.15, -0.1) is 0 Å². The van der Waals surface area contributed by atoms with Crippen molar-refractivity contribution in [3.05, 3.63) is 35.9 Å². The Morgan fingerprint density at radius 2 is 2.29 bits per heavy atom. The Labute approximate surface area is 103 Å². The zero-order valence-corrected chi connectivity index (χ0v) is 9.84. The molecule has 92 valence electrons. The highest BCUT2D eigenvalue weighted by Gasteiger charge is 2.25. The molecule has 1 aliphatic heterocycles. The van der Waals surface area contributed by atoms with Crippen molar-refractivity contribution in [3.8, 4) is 0 Å². The number of carbonyl (C=O) groups is 1. The van der Waals surface area contributed by atoms with Crippen LogP contribution in [0.4, 0.5) is 4.79 Å². The highest BCUT2D eigenvalue weighted by molar-refractivity contribution is 5.75. The Bertz CT molecular complexity index is 413. The van der Waals surface area contributed by atoms with E-state index in [1.165, 1.54) is 4.90 Å². The third-order valence-corrected chi connectivity index (χ3v) is 2.92. The maximum absolute atomic E-state index is 12.0. The van der Waals surface area contributed by atoms with Crippen molar-refractivity contribution in [3.63, 3.8) is 0 Å². The molecule has 1 aromatic carbocycles. The van der Waals surface area contributed by atoms with Gasteiger partial charge in [-0.1, -0.05) is 30.3 Å². The number of aliphatic hydroxyl groups is 1. The molecule has 1 fully saturated rings. The normalized spacial score (nSPS) is 26.5. The second-order valence-corrected chi connectivity index (χ2v) is 4.28. The predicted molar refractivity (Wildman–Crippen MR) is 65.6 cm³/mol. The summed E-state index contributed by atoms with van der Waals surface area (Å²) in [7, 11) is 0. The highest BCUT2D eigenvalue weighted by atomic mass is 16.3. The molecular formula is C13H18N2O2. The van der Waals surface area contributed by atoms with Gasteiger partial charge in [0.15, 0.2) is 0 Å². The zero-order chi connectivity index (χ0) is 13.1. The van der Waals surface area contributed by atoms with Crippen LogP contribution < -0.4 is 5.32 Å². The number of nitrogens with zero attached hydrogens (tertiary/aromatic N) is 1. The van der Waals surface area contributed by atoms with Crippen LogP contribution in [0.1, 0.15) is 26.3 Å². The summed E-state index contributed by atoms with van der Waals surface area (Å²) in [6.45, 7) is 1.48. The number of benzene rings is 1. The molecule has 2 N–H and O–H groups in total. The highest BCUT2D eigenvalue weighted by Crippen LogP contribution is 2.14. The molecule has 1 aliphatic rings. The third kappa shape index (κ3) is 2.97. The van der Waals surface area contributed by atoms with Crippen LogP contribution in [0.5, 0.6) is 0 Å². The van der Waals surface area contributed by atoms with Gasteiger partial charge in [0.25, 0.3) is 0 Å². The standard InChI is InChI=1S/C13H18N2O2/c1-10(11-5-3-2-4-6-11)14-13(17)15-8-7-12(16)9-15/h2-6,10,12,16H,7-9H2,1H3,(H,14,17)/t10-,12?/m0/s1/i9D/t9?,10-,12?. The average molecular weight is 235 g/mol. The quantitative estimate of drug-likeness (QED) is 0.816. The number of rotatable bonds is 2. The molecule has 4 nitrogen and oxygen atoms in total. The molecule has 0 aliphatic carbocycles. The fraction of sp³-hybridized carbons (Fsp3) is 0.462. The molecule has 0 radical (unpaired) electrons. The minimum atomic E-state index is -0.854. The summed E-state index contributed by atoms with van der Waals surface area (Å²) in [6.07, 6.45) is -0.260. The Morgan fingerprint density at radius 3 is 2.88 bits per heavy atom.